The van der Waals surface area contributed by atoms with E-state index in [9.17, 15) is 21.6 Å². The highest BCUT2D eigenvalue weighted by Gasteiger charge is 2.29. The quantitative estimate of drug-likeness (QED) is 0.781. The lowest BCUT2D eigenvalue weighted by Crippen LogP contribution is -2.22. The lowest BCUT2D eigenvalue weighted by molar-refractivity contribution is -0.137. The molecule has 0 spiro atoms. The van der Waals surface area contributed by atoms with Gasteiger partial charge in [0, 0.05) is 6.54 Å². The SMILES string of the molecule is NS(=O)(=O)CCCNCc1ccc(C(F)(F)F)cc1. The molecular weight excluding hydrogens is 281 g/mol. The Labute approximate surface area is 109 Å². The van der Waals surface area contributed by atoms with Crippen LogP contribution >= 0.6 is 0 Å². The molecule has 0 heterocycles. The van der Waals surface area contributed by atoms with E-state index >= 15 is 0 Å². The van der Waals surface area contributed by atoms with Crippen molar-refractivity contribution >= 4 is 10.0 Å². The summed E-state index contributed by atoms with van der Waals surface area (Å²) in [5, 5.41) is 7.76. The number of nitrogens with one attached hydrogen (secondary N) is 1. The Morgan fingerprint density at radius 3 is 2.21 bits per heavy atom. The van der Waals surface area contributed by atoms with E-state index in [2.05, 4.69) is 5.32 Å². The van der Waals surface area contributed by atoms with Gasteiger partial charge in [0.05, 0.1) is 11.3 Å². The summed E-state index contributed by atoms with van der Waals surface area (Å²) in [5.41, 5.74) is 0.00841. The lowest BCUT2D eigenvalue weighted by atomic mass is 10.1. The molecule has 0 bridgehead atoms. The third kappa shape index (κ3) is 6.55. The molecule has 0 aliphatic heterocycles. The van der Waals surface area contributed by atoms with Gasteiger partial charge in [0.25, 0.3) is 0 Å². The van der Waals surface area contributed by atoms with Crippen LogP contribution in [0.5, 0.6) is 0 Å². The Morgan fingerprint density at radius 2 is 1.74 bits per heavy atom. The van der Waals surface area contributed by atoms with Crippen LogP contribution < -0.4 is 10.5 Å². The predicted octanol–water partition coefficient (Wildman–Crippen LogP) is 1.47. The maximum atomic E-state index is 12.3. The van der Waals surface area contributed by atoms with Crippen LogP contribution in [-0.2, 0) is 22.7 Å². The zero-order chi connectivity index (χ0) is 14.5. The number of benzene rings is 1. The number of hydrogen-bond acceptors (Lipinski definition) is 3. The lowest BCUT2D eigenvalue weighted by Gasteiger charge is -2.08. The molecule has 8 heteroatoms. The van der Waals surface area contributed by atoms with E-state index in [-0.39, 0.29) is 5.75 Å². The summed E-state index contributed by atoms with van der Waals surface area (Å²) in [4.78, 5) is 0. The molecular formula is C11H15F3N2O2S. The Hall–Kier alpha value is -1.12. The highest BCUT2D eigenvalue weighted by molar-refractivity contribution is 7.89. The van der Waals surface area contributed by atoms with Gasteiger partial charge in [-0.2, -0.15) is 13.2 Å². The van der Waals surface area contributed by atoms with Crippen molar-refractivity contribution in [3.8, 4) is 0 Å². The maximum Gasteiger partial charge on any atom is 0.416 e. The fraction of sp³-hybridized carbons (Fsp3) is 0.455. The molecule has 0 saturated heterocycles. The number of primary sulfonamides is 1. The van der Waals surface area contributed by atoms with Crippen LogP contribution in [0.2, 0.25) is 0 Å². The molecule has 1 aromatic rings. The molecule has 0 aromatic heterocycles. The van der Waals surface area contributed by atoms with E-state index in [1.807, 2.05) is 0 Å². The van der Waals surface area contributed by atoms with Crippen molar-refractivity contribution in [2.45, 2.75) is 19.1 Å². The zero-order valence-corrected chi connectivity index (χ0v) is 10.9. The molecule has 3 N–H and O–H groups in total. The summed E-state index contributed by atoms with van der Waals surface area (Å²) in [6.45, 7) is 0.806. The fourth-order valence-corrected chi connectivity index (χ4v) is 1.99. The molecule has 19 heavy (non-hydrogen) atoms. The van der Waals surface area contributed by atoms with Crippen molar-refractivity contribution in [1.82, 2.24) is 5.32 Å². The molecule has 0 fully saturated rings. The third-order valence-corrected chi connectivity index (χ3v) is 3.25. The molecule has 108 valence electrons. The molecule has 1 aromatic carbocycles. The van der Waals surface area contributed by atoms with Gasteiger partial charge in [0.2, 0.25) is 10.0 Å². The Kier molecular flexibility index (Phi) is 5.33. The van der Waals surface area contributed by atoms with Gasteiger partial charge in [-0.15, -0.1) is 0 Å². The molecule has 0 amide bonds. The first kappa shape index (κ1) is 15.9. The molecule has 0 aliphatic rings. The second-order valence-electron chi connectivity index (χ2n) is 4.09. The summed E-state index contributed by atoms with van der Waals surface area (Å²) in [7, 11) is -3.46. The zero-order valence-electron chi connectivity index (χ0n) is 10.1. The average Bonchev–Trinajstić information content (AvgIpc) is 2.26. The highest BCUT2D eigenvalue weighted by Crippen LogP contribution is 2.28. The fourth-order valence-electron chi connectivity index (χ4n) is 1.44. The largest absolute Gasteiger partial charge is 0.416 e. The number of hydrogen-bond donors (Lipinski definition) is 2. The van der Waals surface area contributed by atoms with Crippen LogP contribution in [0, 0.1) is 0 Å². The van der Waals surface area contributed by atoms with Crippen LogP contribution in [0.25, 0.3) is 0 Å². The molecule has 0 atom stereocenters. The number of nitrogens with two attached hydrogens (primary N) is 1. The normalized spacial score (nSPS) is 12.6. The van der Waals surface area contributed by atoms with Crippen LogP contribution in [-0.4, -0.2) is 20.7 Å². The number of alkyl halides is 3. The van der Waals surface area contributed by atoms with Crippen molar-refractivity contribution in [3.63, 3.8) is 0 Å². The minimum atomic E-state index is -4.33. The van der Waals surface area contributed by atoms with Crippen LogP contribution in [0.3, 0.4) is 0 Å². The van der Waals surface area contributed by atoms with Crippen LogP contribution in [0.1, 0.15) is 17.5 Å². The van der Waals surface area contributed by atoms with Gasteiger partial charge in [-0.05, 0) is 30.7 Å². The number of sulfonamides is 1. The minimum Gasteiger partial charge on any atom is -0.313 e. The summed E-state index contributed by atoms with van der Waals surface area (Å²) < 4.78 is 58.2. The number of halogens is 3. The molecule has 4 nitrogen and oxygen atoms in total. The standard InChI is InChI=1S/C11H15F3N2O2S/c12-11(13,14)10-4-2-9(3-5-10)8-16-6-1-7-19(15,17)18/h2-5,16H,1,6-8H2,(H2,15,17,18). The predicted molar refractivity (Wildman–Crippen MR) is 65.7 cm³/mol. The highest BCUT2D eigenvalue weighted by atomic mass is 32.2. The monoisotopic (exact) mass is 296 g/mol. The van der Waals surface area contributed by atoms with Gasteiger partial charge in [-0.3, -0.25) is 0 Å². The summed E-state index contributed by atoms with van der Waals surface area (Å²) in [5.74, 6) is -0.118. The average molecular weight is 296 g/mol. The minimum absolute atomic E-state index is 0.118. The topological polar surface area (TPSA) is 72.2 Å². The Morgan fingerprint density at radius 1 is 1.16 bits per heavy atom. The van der Waals surface area contributed by atoms with Gasteiger partial charge in [0.15, 0.2) is 0 Å². The first-order chi connectivity index (χ1) is 8.68. The van der Waals surface area contributed by atoms with Crippen molar-refractivity contribution in [2.75, 3.05) is 12.3 Å². The summed E-state index contributed by atoms with van der Waals surface area (Å²) in [6.07, 6.45) is -3.97. The van der Waals surface area contributed by atoms with Gasteiger partial charge in [-0.25, -0.2) is 13.6 Å². The maximum absolute atomic E-state index is 12.3. The summed E-state index contributed by atoms with van der Waals surface area (Å²) in [6, 6.07) is 4.80. The van der Waals surface area contributed by atoms with Crippen molar-refractivity contribution in [2.24, 2.45) is 5.14 Å². The molecule has 0 unspecified atom stereocenters. The molecule has 1 rings (SSSR count). The molecule has 0 radical (unpaired) electrons. The van der Waals surface area contributed by atoms with Crippen molar-refractivity contribution in [1.29, 1.82) is 0 Å². The van der Waals surface area contributed by atoms with Gasteiger partial charge in [-0.1, -0.05) is 12.1 Å². The smallest absolute Gasteiger partial charge is 0.313 e. The van der Waals surface area contributed by atoms with E-state index in [1.54, 1.807) is 0 Å². The van der Waals surface area contributed by atoms with E-state index in [0.717, 1.165) is 12.1 Å². The second-order valence-corrected chi connectivity index (χ2v) is 5.83. The Balaban J connectivity index is 2.35. The van der Waals surface area contributed by atoms with Crippen LogP contribution in [0.15, 0.2) is 24.3 Å². The van der Waals surface area contributed by atoms with Gasteiger partial charge < -0.3 is 5.32 Å². The number of rotatable bonds is 6. The summed E-state index contributed by atoms with van der Waals surface area (Å²) >= 11 is 0. The van der Waals surface area contributed by atoms with E-state index in [0.29, 0.717) is 25.1 Å². The van der Waals surface area contributed by atoms with Crippen LogP contribution in [0.4, 0.5) is 13.2 Å². The van der Waals surface area contributed by atoms with Gasteiger partial charge >= 0.3 is 6.18 Å². The van der Waals surface area contributed by atoms with Crippen molar-refractivity contribution < 1.29 is 21.6 Å². The molecule has 0 saturated carbocycles. The first-order valence-corrected chi connectivity index (χ1v) is 7.27. The third-order valence-electron chi connectivity index (χ3n) is 2.39. The Bertz CT molecular complexity index is 498. The first-order valence-electron chi connectivity index (χ1n) is 5.56. The molecule has 0 aliphatic carbocycles. The van der Waals surface area contributed by atoms with E-state index in [1.165, 1.54) is 12.1 Å². The van der Waals surface area contributed by atoms with E-state index < -0.39 is 21.8 Å². The second kappa shape index (κ2) is 6.36. The van der Waals surface area contributed by atoms with E-state index in [4.69, 9.17) is 5.14 Å². The van der Waals surface area contributed by atoms with Gasteiger partial charge in [0.1, 0.15) is 0 Å². The van der Waals surface area contributed by atoms with Crippen molar-refractivity contribution in [3.05, 3.63) is 35.4 Å².